The Bertz CT molecular complexity index is 1790. The average molecular weight is 668 g/mol. The summed E-state index contributed by atoms with van der Waals surface area (Å²) >= 11 is 2.83. The molecule has 0 bridgehead atoms. The molecule has 0 radical (unpaired) electrons. The van der Waals surface area contributed by atoms with Crippen LogP contribution in [0.15, 0.2) is 95.5 Å². The van der Waals surface area contributed by atoms with Crippen LogP contribution >= 0.6 is 23.1 Å². The zero-order valence-electron chi connectivity index (χ0n) is 26.5. The molecular formula is C37H37N3O5S2. The molecule has 0 spiro atoms. The molecule has 5 rings (SSSR count). The van der Waals surface area contributed by atoms with Gasteiger partial charge in [0.15, 0.2) is 0 Å². The third-order valence-corrected chi connectivity index (χ3v) is 10.3. The SMILES string of the molecule is CCC(Sc1cccc(NC(=O)/C(=C/c2ccccc2)NC(=O)c2ccccc2)c1)C(=O)Nc1sc2c(c1C(=O)OC)CCC(C)C2. The summed E-state index contributed by atoms with van der Waals surface area (Å²) < 4.78 is 5.08. The van der Waals surface area contributed by atoms with Crippen molar-refractivity contribution in [3.05, 3.63) is 118 Å². The number of carbonyl (C=O) groups is 4. The highest BCUT2D eigenvalue weighted by molar-refractivity contribution is 8.00. The standard InChI is InChI=1S/C37H37N3O5S2/c1-4-30(35(43)40-36-32(37(44)45-3)28-19-18-23(2)20-31(28)47-36)46-27-17-11-16-26(22-27)38-34(42)29(21-24-12-7-5-8-13-24)39-33(41)25-14-9-6-10-15-25/h5-17,21-23,30H,4,18-20H2,1-3H3,(H,38,42)(H,39,41)(H,40,43)/b29-21-. The summed E-state index contributed by atoms with van der Waals surface area (Å²) in [5.74, 6) is -1.01. The van der Waals surface area contributed by atoms with Crippen molar-refractivity contribution in [1.82, 2.24) is 5.32 Å². The predicted molar refractivity (Wildman–Crippen MR) is 189 cm³/mol. The summed E-state index contributed by atoms with van der Waals surface area (Å²) in [5, 5.41) is 8.75. The summed E-state index contributed by atoms with van der Waals surface area (Å²) in [5.41, 5.74) is 3.23. The van der Waals surface area contributed by atoms with Crippen molar-refractivity contribution >= 4 is 63.6 Å². The molecule has 3 N–H and O–H groups in total. The number of thioether (sulfide) groups is 1. The monoisotopic (exact) mass is 667 g/mol. The first-order valence-electron chi connectivity index (χ1n) is 15.5. The van der Waals surface area contributed by atoms with E-state index in [9.17, 15) is 19.2 Å². The van der Waals surface area contributed by atoms with Gasteiger partial charge in [-0.1, -0.05) is 68.4 Å². The Labute approximate surface area is 283 Å². The van der Waals surface area contributed by atoms with Crippen molar-refractivity contribution in [3.8, 4) is 0 Å². The van der Waals surface area contributed by atoms with E-state index in [-0.39, 0.29) is 11.6 Å². The van der Waals surface area contributed by atoms with Gasteiger partial charge >= 0.3 is 5.97 Å². The molecule has 0 aliphatic heterocycles. The topological polar surface area (TPSA) is 114 Å². The number of carbonyl (C=O) groups excluding carboxylic acids is 4. The summed E-state index contributed by atoms with van der Waals surface area (Å²) in [6.45, 7) is 4.13. The van der Waals surface area contributed by atoms with Gasteiger partial charge in [0.25, 0.3) is 11.8 Å². The van der Waals surface area contributed by atoms with E-state index in [1.54, 1.807) is 48.5 Å². The van der Waals surface area contributed by atoms with Crippen molar-refractivity contribution in [2.45, 2.75) is 49.7 Å². The fourth-order valence-corrected chi connectivity index (χ4v) is 7.75. The second kappa shape index (κ2) is 15.8. The minimum Gasteiger partial charge on any atom is -0.465 e. The zero-order valence-corrected chi connectivity index (χ0v) is 28.1. The van der Waals surface area contributed by atoms with Gasteiger partial charge in [0.1, 0.15) is 10.7 Å². The number of hydrogen-bond donors (Lipinski definition) is 3. The van der Waals surface area contributed by atoms with Gasteiger partial charge in [-0.25, -0.2) is 4.79 Å². The van der Waals surface area contributed by atoms with E-state index in [0.717, 1.165) is 40.2 Å². The van der Waals surface area contributed by atoms with Crippen LogP contribution in [0.2, 0.25) is 0 Å². The van der Waals surface area contributed by atoms with Gasteiger partial charge in [-0.2, -0.15) is 0 Å². The first-order chi connectivity index (χ1) is 22.7. The lowest BCUT2D eigenvalue weighted by molar-refractivity contribution is -0.116. The lowest BCUT2D eigenvalue weighted by atomic mass is 9.88. The number of amides is 3. The Kier molecular flexibility index (Phi) is 11.3. The third-order valence-electron chi connectivity index (χ3n) is 7.81. The number of rotatable bonds is 11. The molecule has 3 amide bonds. The van der Waals surface area contributed by atoms with Gasteiger partial charge in [0.05, 0.1) is 17.9 Å². The van der Waals surface area contributed by atoms with Crippen LogP contribution in [0, 0.1) is 5.92 Å². The fraction of sp³-hybridized carbons (Fsp3) is 0.243. The first-order valence-corrected chi connectivity index (χ1v) is 17.2. The molecule has 4 aromatic rings. The van der Waals surface area contributed by atoms with Crippen LogP contribution in [0.5, 0.6) is 0 Å². The molecule has 47 heavy (non-hydrogen) atoms. The van der Waals surface area contributed by atoms with Crippen LogP contribution in [0.4, 0.5) is 10.7 Å². The van der Waals surface area contributed by atoms with E-state index in [4.69, 9.17) is 4.74 Å². The molecule has 10 heteroatoms. The zero-order chi connectivity index (χ0) is 33.3. The Morgan fingerprint density at radius 1 is 0.979 bits per heavy atom. The summed E-state index contributed by atoms with van der Waals surface area (Å²) in [6.07, 6.45) is 4.82. The number of ether oxygens (including phenoxy) is 1. The van der Waals surface area contributed by atoms with Gasteiger partial charge in [0, 0.05) is 21.0 Å². The molecular weight excluding hydrogens is 631 g/mol. The number of benzene rings is 3. The lowest BCUT2D eigenvalue weighted by Crippen LogP contribution is -2.30. The maximum Gasteiger partial charge on any atom is 0.341 e. The Morgan fingerprint density at radius 2 is 1.70 bits per heavy atom. The van der Waals surface area contributed by atoms with E-state index in [2.05, 4.69) is 22.9 Å². The van der Waals surface area contributed by atoms with Gasteiger partial charge in [-0.05, 0) is 79.1 Å². The lowest BCUT2D eigenvalue weighted by Gasteiger charge is -2.18. The minimum absolute atomic E-state index is 0.0865. The number of nitrogens with one attached hydrogen (secondary N) is 3. The van der Waals surface area contributed by atoms with E-state index < -0.39 is 23.0 Å². The van der Waals surface area contributed by atoms with Gasteiger partial charge in [-0.15, -0.1) is 23.1 Å². The van der Waals surface area contributed by atoms with Gasteiger partial charge in [0.2, 0.25) is 5.91 Å². The van der Waals surface area contributed by atoms with Crippen molar-refractivity contribution in [3.63, 3.8) is 0 Å². The molecule has 2 unspecified atom stereocenters. The molecule has 0 fully saturated rings. The van der Waals surface area contributed by atoms with E-state index >= 15 is 0 Å². The Balaban J connectivity index is 1.31. The number of esters is 1. The summed E-state index contributed by atoms with van der Waals surface area (Å²) in [7, 11) is 1.36. The third kappa shape index (κ3) is 8.58. The number of fused-ring (bicyclic) bond motifs is 1. The second-order valence-corrected chi connectivity index (χ2v) is 13.7. The van der Waals surface area contributed by atoms with E-state index in [1.165, 1.54) is 30.2 Å². The highest BCUT2D eigenvalue weighted by atomic mass is 32.2. The normalized spacial score (nSPS) is 14.8. The molecule has 8 nitrogen and oxygen atoms in total. The molecule has 1 heterocycles. The fourth-order valence-electron chi connectivity index (χ4n) is 5.34. The molecule has 3 aromatic carbocycles. The van der Waals surface area contributed by atoms with Crippen LogP contribution in [-0.2, 0) is 27.2 Å². The first kappa shape index (κ1) is 33.7. The molecule has 2 atom stereocenters. The number of thiophene rings is 1. The minimum atomic E-state index is -0.489. The van der Waals surface area contributed by atoms with Crippen LogP contribution < -0.4 is 16.0 Å². The van der Waals surface area contributed by atoms with Crippen LogP contribution in [0.25, 0.3) is 6.08 Å². The number of hydrogen-bond acceptors (Lipinski definition) is 7. The van der Waals surface area contributed by atoms with Crippen LogP contribution in [0.1, 0.15) is 63.4 Å². The predicted octanol–water partition coefficient (Wildman–Crippen LogP) is 7.58. The second-order valence-electron chi connectivity index (χ2n) is 11.3. The van der Waals surface area contributed by atoms with Crippen molar-refractivity contribution in [1.29, 1.82) is 0 Å². The number of methoxy groups -OCH3 is 1. The molecule has 242 valence electrons. The number of anilines is 2. The van der Waals surface area contributed by atoms with Crippen molar-refractivity contribution < 1.29 is 23.9 Å². The average Bonchev–Trinajstić information content (AvgIpc) is 3.44. The molecule has 1 aromatic heterocycles. The quantitative estimate of drug-likeness (QED) is 0.0864. The highest BCUT2D eigenvalue weighted by Crippen LogP contribution is 2.40. The molecule has 0 saturated carbocycles. The summed E-state index contributed by atoms with van der Waals surface area (Å²) in [6, 6.07) is 25.2. The smallest absolute Gasteiger partial charge is 0.341 e. The van der Waals surface area contributed by atoms with Gasteiger partial charge in [-0.3, -0.25) is 14.4 Å². The maximum absolute atomic E-state index is 13.5. The Morgan fingerprint density at radius 3 is 2.40 bits per heavy atom. The van der Waals surface area contributed by atoms with Crippen molar-refractivity contribution in [2.75, 3.05) is 17.7 Å². The van der Waals surface area contributed by atoms with Crippen LogP contribution in [-0.4, -0.2) is 36.1 Å². The van der Waals surface area contributed by atoms with Gasteiger partial charge < -0.3 is 20.7 Å². The highest BCUT2D eigenvalue weighted by Gasteiger charge is 2.30. The van der Waals surface area contributed by atoms with E-state index in [1.807, 2.05) is 49.4 Å². The molecule has 0 saturated heterocycles. The molecule has 1 aliphatic carbocycles. The van der Waals surface area contributed by atoms with Crippen LogP contribution in [0.3, 0.4) is 0 Å². The molecule has 1 aliphatic rings. The maximum atomic E-state index is 13.5. The van der Waals surface area contributed by atoms with Crippen molar-refractivity contribution in [2.24, 2.45) is 5.92 Å². The summed E-state index contributed by atoms with van der Waals surface area (Å²) in [4.78, 5) is 54.6. The largest absolute Gasteiger partial charge is 0.465 e. The Hall–Kier alpha value is -4.67. The van der Waals surface area contributed by atoms with E-state index in [0.29, 0.717) is 34.2 Å².